The smallest absolute Gasteiger partial charge is 0.338 e. The number of carbonyl (C=O) groups is 1. The molecule has 0 spiro atoms. The fourth-order valence-electron chi connectivity index (χ4n) is 1.34. The topological polar surface area (TPSA) is 54.3 Å². The van der Waals surface area contributed by atoms with Crippen LogP contribution in [-0.2, 0) is 4.74 Å². The van der Waals surface area contributed by atoms with Crippen molar-refractivity contribution in [2.45, 2.75) is 20.8 Å². The maximum atomic E-state index is 11.4. The standard InChI is InChI=1S/C13H19N3O2/c1-4-16(5-2)15-14-12-9-7-11(8-10-12)13(17)18-6-3/h7-10H,4-6H2,1-3H3. The van der Waals surface area contributed by atoms with Crippen molar-refractivity contribution >= 4 is 11.7 Å². The second kappa shape index (κ2) is 7.42. The number of carbonyl (C=O) groups excluding carboxylic acids is 1. The Bertz CT molecular complexity index is 397. The molecular weight excluding hydrogens is 230 g/mol. The fraction of sp³-hybridized carbons (Fsp3) is 0.462. The molecule has 1 aromatic rings. The first-order valence-electron chi connectivity index (χ1n) is 6.15. The van der Waals surface area contributed by atoms with E-state index >= 15 is 0 Å². The van der Waals surface area contributed by atoms with E-state index in [1.807, 2.05) is 18.9 Å². The van der Waals surface area contributed by atoms with Gasteiger partial charge in [-0.2, -0.15) is 0 Å². The molecule has 0 amide bonds. The van der Waals surface area contributed by atoms with Crippen molar-refractivity contribution in [1.29, 1.82) is 0 Å². The molecule has 0 heterocycles. The van der Waals surface area contributed by atoms with Crippen LogP contribution in [0.1, 0.15) is 31.1 Å². The van der Waals surface area contributed by atoms with Crippen molar-refractivity contribution in [2.24, 2.45) is 10.3 Å². The summed E-state index contributed by atoms with van der Waals surface area (Å²) in [5, 5.41) is 10.0. The van der Waals surface area contributed by atoms with Gasteiger partial charge in [0.2, 0.25) is 0 Å². The zero-order valence-electron chi connectivity index (χ0n) is 11.1. The third-order valence-electron chi connectivity index (χ3n) is 2.40. The van der Waals surface area contributed by atoms with Crippen LogP contribution < -0.4 is 0 Å². The number of nitrogens with zero attached hydrogens (tertiary/aromatic N) is 3. The summed E-state index contributed by atoms with van der Waals surface area (Å²) in [6.45, 7) is 7.84. The molecule has 0 aliphatic heterocycles. The minimum absolute atomic E-state index is 0.315. The maximum absolute atomic E-state index is 11.4. The van der Waals surface area contributed by atoms with Crippen LogP contribution in [0, 0.1) is 0 Å². The van der Waals surface area contributed by atoms with Crippen molar-refractivity contribution in [3.63, 3.8) is 0 Å². The monoisotopic (exact) mass is 249 g/mol. The second-order valence-corrected chi connectivity index (χ2v) is 3.60. The molecule has 0 saturated heterocycles. The molecule has 0 aliphatic rings. The van der Waals surface area contributed by atoms with Crippen LogP contribution >= 0.6 is 0 Å². The average Bonchev–Trinajstić information content (AvgIpc) is 2.41. The summed E-state index contributed by atoms with van der Waals surface area (Å²) >= 11 is 0. The quantitative estimate of drug-likeness (QED) is 0.442. The van der Waals surface area contributed by atoms with Gasteiger partial charge in [0, 0.05) is 13.1 Å². The van der Waals surface area contributed by atoms with Crippen LogP contribution in [0.4, 0.5) is 5.69 Å². The van der Waals surface area contributed by atoms with Gasteiger partial charge in [0.15, 0.2) is 0 Å². The molecule has 1 rings (SSSR count). The fourth-order valence-corrected chi connectivity index (χ4v) is 1.34. The van der Waals surface area contributed by atoms with Crippen molar-refractivity contribution in [2.75, 3.05) is 19.7 Å². The van der Waals surface area contributed by atoms with Gasteiger partial charge in [-0.1, -0.05) is 5.22 Å². The Kier molecular flexibility index (Phi) is 5.84. The highest BCUT2D eigenvalue weighted by molar-refractivity contribution is 5.89. The summed E-state index contributed by atoms with van der Waals surface area (Å²) in [6, 6.07) is 6.88. The Morgan fingerprint density at radius 2 is 1.78 bits per heavy atom. The summed E-state index contributed by atoms with van der Waals surface area (Å²) in [6.07, 6.45) is 0. The molecule has 0 radical (unpaired) electrons. The number of hydrogen-bond donors (Lipinski definition) is 0. The molecule has 0 atom stereocenters. The lowest BCUT2D eigenvalue weighted by Crippen LogP contribution is -2.14. The van der Waals surface area contributed by atoms with E-state index < -0.39 is 0 Å². The Morgan fingerprint density at radius 1 is 1.17 bits per heavy atom. The first-order valence-corrected chi connectivity index (χ1v) is 6.15. The molecule has 18 heavy (non-hydrogen) atoms. The lowest BCUT2D eigenvalue weighted by atomic mass is 10.2. The average molecular weight is 249 g/mol. The Morgan fingerprint density at radius 3 is 2.28 bits per heavy atom. The highest BCUT2D eigenvalue weighted by atomic mass is 16.5. The minimum atomic E-state index is -0.315. The first-order chi connectivity index (χ1) is 8.71. The number of rotatable bonds is 6. The summed E-state index contributed by atoms with van der Waals surface area (Å²) < 4.78 is 4.90. The Balaban J connectivity index is 2.68. The number of hydrogen-bond acceptors (Lipinski definition) is 4. The van der Waals surface area contributed by atoms with Crippen LogP contribution in [0.5, 0.6) is 0 Å². The zero-order valence-corrected chi connectivity index (χ0v) is 11.1. The normalized spacial score (nSPS) is 10.6. The van der Waals surface area contributed by atoms with Crippen molar-refractivity contribution < 1.29 is 9.53 Å². The number of ether oxygens (including phenoxy) is 1. The van der Waals surface area contributed by atoms with Gasteiger partial charge in [-0.05, 0) is 45.0 Å². The molecule has 0 aromatic heterocycles. The van der Waals surface area contributed by atoms with Gasteiger partial charge >= 0.3 is 5.97 Å². The van der Waals surface area contributed by atoms with Gasteiger partial charge < -0.3 is 4.74 Å². The van der Waals surface area contributed by atoms with Gasteiger partial charge in [-0.3, -0.25) is 5.01 Å². The summed E-state index contributed by atoms with van der Waals surface area (Å²) in [7, 11) is 0. The minimum Gasteiger partial charge on any atom is -0.462 e. The number of esters is 1. The molecule has 0 aliphatic carbocycles. The van der Waals surface area contributed by atoms with E-state index in [1.54, 1.807) is 31.2 Å². The van der Waals surface area contributed by atoms with Crippen molar-refractivity contribution in [3.05, 3.63) is 29.8 Å². The molecule has 0 unspecified atom stereocenters. The van der Waals surface area contributed by atoms with Crippen LogP contribution in [0.3, 0.4) is 0 Å². The SMILES string of the molecule is CCOC(=O)c1ccc(N=NN(CC)CC)cc1. The lowest BCUT2D eigenvalue weighted by molar-refractivity contribution is 0.0526. The van der Waals surface area contributed by atoms with E-state index in [-0.39, 0.29) is 5.97 Å². The molecule has 98 valence electrons. The van der Waals surface area contributed by atoms with Crippen molar-refractivity contribution in [3.8, 4) is 0 Å². The van der Waals surface area contributed by atoms with E-state index in [0.717, 1.165) is 18.8 Å². The van der Waals surface area contributed by atoms with E-state index in [1.165, 1.54) is 0 Å². The summed E-state index contributed by atoms with van der Waals surface area (Å²) in [5.41, 5.74) is 1.24. The molecule has 0 saturated carbocycles. The second-order valence-electron chi connectivity index (χ2n) is 3.60. The van der Waals surface area contributed by atoms with Gasteiger partial charge in [0.1, 0.15) is 0 Å². The van der Waals surface area contributed by atoms with E-state index in [2.05, 4.69) is 10.3 Å². The van der Waals surface area contributed by atoms with Crippen LogP contribution in [0.15, 0.2) is 34.6 Å². The zero-order chi connectivity index (χ0) is 13.4. The highest BCUT2D eigenvalue weighted by Gasteiger charge is 2.05. The van der Waals surface area contributed by atoms with Crippen LogP contribution in [-0.4, -0.2) is 30.7 Å². The third kappa shape index (κ3) is 4.16. The first kappa shape index (κ1) is 14.2. The molecule has 0 N–H and O–H groups in total. The Labute approximate surface area is 107 Å². The highest BCUT2D eigenvalue weighted by Crippen LogP contribution is 2.14. The Hall–Kier alpha value is -1.91. The third-order valence-corrected chi connectivity index (χ3v) is 2.40. The lowest BCUT2D eigenvalue weighted by Gasteiger charge is -2.11. The van der Waals surface area contributed by atoms with Gasteiger partial charge in [-0.15, -0.1) is 5.11 Å². The van der Waals surface area contributed by atoms with E-state index in [9.17, 15) is 4.79 Å². The van der Waals surface area contributed by atoms with Gasteiger partial charge in [0.25, 0.3) is 0 Å². The van der Waals surface area contributed by atoms with E-state index in [0.29, 0.717) is 12.2 Å². The number of benzene rings is 1. The van der Waals surface area contributed by atoms with Crippen LogP contribution in [0.2, 0.25) is 0 Å². The molecule has 1 aromatic carbocycles. The van der Waals surface area contributed by atoms with Gasteiger partial charge in [0.05, 0.1) is 17.9 Å². The molecule has 5 nitrogen and oxygen atoms in total. The maximum Gasteiger partial charge on any atom is 0.338 e. The summed E-state index contributed by atoms with van der Waals surface area (Å²) in [5.74, 6) is -0.315. The predicted molar refractivity (Wildman–Crippen MR) is 69.8 cm³/mol. The predicted octanol–water partition coefficient (Wildman–Crippen LogP) is 3.20. The van der Waals surface area contributed by atoms with Crippen LogP contribution in [0.25, 0.3) is 0 Å². The largest absolute Gasteiger partial charge is 0.462 e. The molecule has 0 fully saturated rings. The summed E-state index contributed by atoms with van der Waals surface area (Å²) in [4.78, 5) is 11.4. The van der Waals surface area contributed by atoms with E-state index in [4.69, 9.17) is 4.74 Å². The molecule has 0 bridgehead atoms. The van der Waals surface area contributed by atoms with Gasteiger partial charge in [-0.25, -0.2) is 4.79 Å². The molecule has 5 heteroatoms. The van der Waals surface area contributed by atoms with Crippen molar-refractivity contribution in [1.82, 2.24) is 5.01 Å². The molecular formula is C13H19N3O2.